The first-order chi connectivity index (χ1) is 15.7. The summed E-state index contributed by atoms with van der Waals surface area (Å²) in [5.41, 5.74) is 1.24. The van der Waals surface area contributed by atoms with Crippen LogP contribution in [0.2, 0.25) is 5.02 Å². The number of nitrogens with zero attached hydrogens (tertiary/aromatic N) is 4. The lowest BCUT2D eigenvalue weighted by molar-refractivity contribution is 0.0710. The van der Waals surface area contributed by atoms with Gasteiger partial charge < -0.3 is 9.32 Å². The van der Waals surface area contributed by atoms with Crippen molar-refractivity contribution in [2.45, 2.75) is 35.3 Å². The van der Waals surface area contributed by atoms with Gasteiger partial charge in [-0.05, 0) is 49.2 Å². The molecule has 0 unspecified atom stereocenters. The molecule has 0 aliphatic heterocycles. The maximum atomic E-state index is 13.5. The van der Waals surface area contributed by atoms with E-state index in [1.54, 1.807) is 23.2 Å². The van der Waals surface area contributed by atoms with E-state index in [-0.39, 0.29) is 18.5 Å². The highest BCUT2D eigenvalue weighted by Crippen LogP contribution is 2.34. The van der Waals surface area contributed by atoms with Crippen LogP contribution in [-0.2, 0) is 6.54 Å². The van der Waals surface area contributed by atoms with Crippen molar-refractivity contribution >= 4 is 29.3 Å². The molecule has 32 heavy (non-hydrogen) atoms. The minimum absolute atomic E-state index is 0.0866. The minimum atomic E-state index is -0.0866. The zero-order chi connectivity index (χ0) is 21.9. The number of halogens is 1. The number of hydrogen-bond acceptors (Lipinski definition) is 6. The second-order valence-corrected chi connectivity index (χ2v) is 8.89. The number of benzene rings is 2. The highest BCUT2D eigenvalue weighted by molar-refractivity contribution is 7.99. The van der Waals surface area contributed by atoms with E-state index in [2.05, 4.69) is 15.2 Å². The first kappa shape index (κ1) is 20.7. The zero-order valence-electron chi connectivity index (χ0n) is 17.0. The van der Waals surface area contributed by atoms with E-state index in [0.29, 0.717) is 33.0 Å². The molecule has 6 nitrogen and oxygen atoms in total. The predicted molar refractivity (Wildman–Crippen MR) is 122 cm³/mol. The lowest BCUT2D eigenvalue weighted by Crippen LogP contribution is -2.33. The largest absolute Gasteiger partial charge is 0.419 e. The van der Waals surface area contributed by atoms with Crippen molar-refractivity contribution in [1.29, 1.82) is 0 Å². The Balaban J connectivity index is 1.39. The molecule has 2 heterocycles. The Morgan fingerprint density at radius 2 is 1.81 bits per heavy atom. The Bertz CT molecular complexity index is 1240. The Morgan fingerprint density at radius 1 is 1.03 bits per heavy atom. The molecular weight excluding hydrogens is 444 g/mol. The van der Waals surface area contributed by atoms with E-state index in [1.807, 2.05) is 54.6 Å². The van der Waals surface area contributed by atoms with E-state index in [0.717, 1.165) is 17.7 Å². The fourth-order valence-electron chi connectivity index (χ4n) is 3.35. The third-order valence-electron chi connectivity index (χ3n) is 5.08. The van der Waals surface area contributed by atoms with Gasteiger partial charge in [0.05, 0.1) is 22.7 Å². The molecule has 160 valence electrons. The number of amides is 1. The molecule has 0 spiro atoms. The summed E-state index contributed by atoms with van der Waals surface area (Å²) in [6.07, 6.45) is 3.62. The number of pyridine rings is 1. The van der Waals surface area contributed by atoms with Gasteiger partial charge >= 0.3 is 0 Å². The Kier molecular flexibility index (Phi) is 5.92. The minimum Gasteiger partial charge on any atom is -0.419 e. The fraction of sp³-hybridized carbons (Fsp3) is 0.167. The number of aromatic nitrogens is 3. The van der Waals surface area contributed by atoms with E-state index < -0.39 is 0 Å². The molecule has 1 amide bonds. The Labute approximate surface area is 194 Å². The van der Waals surface area contributed by atoms with Crippen LogP contribution in [0.4, 0.5) is 0 Å². The first-order valence-electron chi connectivity index (χ1n) is 10.3. The fourth-order valence-corrected chi connectivity index (χ4v) is 4.46. The molecule has 1 aliphatic carbocycles. The summed E-state index contributed by atoms with van der Waals surface area (Å²) < 4.78 is 5.85. The summed E-state index contributed by atoms with van der Waals surface area (Å²) in [6, 6.07) is 21.0. The van der Waals surface area contributed by atoms with Crippen LogP contribution in [0.5, 0.6) is 0 Å². The molecule has 1 saturated carbocycles. The second-order valence-electron chi connectivity index (χ2n) is 7.42. The third-order valence-corrected chi connectivity index (χ3v) is 6.44. The molecule has 0 atom stereocenters. The van der Waals surface area contributed by atoms with Gasteiger partial charge in [-0.25, -0.2) is 4.98 Å². The number of carbonyl (C=O) groups excluding carboxylic acids is 1. The number of rotatable bonds is 7. The molecule has 0 radical (unpaired) electrons. The standard InChI is InChI=1S/C24H19ClN4O2S/c25-20-11-5-4-9-18(20)22-28-27-21(31-22)15-29(16-12-13-16)24(30)19-10-6-14-26-23(19)32-17-7-2-1-3-8-17/h1-11,14,16H,12-13,15H2. The summed E-state index contributed by atoms with van der Waals surface area (Å²) in [5.74, 6) is 0.633. The van der Waals surface area contributed by atoms with E-state index in [9.17, 15) is 4.79 Å². The van der Waals surface area contributed by atoms with Crippen molar-refractivity contribution in [2.24, 2.45) is 0 Å². The van der Waals surface area contributed by atoms with Gasteiger partial charge in [0.25, 0.3) is 5.91 Å². The first-order valence-corrected chi connectivity index (χ1v) is 11.4. The molecule has 2 aromatic heterocycles. The van der Waals surface area contributed by atoms with Crippen LogP contribution in [0.1, 0.15) is 29.1 Å². The molecule has 2 aromatic carbocycles. The lowest BCUT2D eigenvalue weighted by atomic mass is 10.2. The predicted octanol–water partition coefficient (Wildman–Crippen LogP) is 5.74. The third kappa shape index (κ3) is 4.54. The van der Waals surface area contributed by atoms with Crippen molar-refractivity contribution in [3.8, 4) is 11.5 Å². The van der Waals surface area contributed by atoms with Crippen LogP contribution in [0.3, 0.4) is 0 Å². The molecule has 1 fully saturated rings. The smallest absolute Gasteiger partial charge is 0.257 e. The van der Waals surface area contributed by atoms with Crippen LogP contribution in [-0.4, -0.2) is 32.0 Å². The van der Waals surface area contributed by atoms with Gasteiger partial charge in [-0.2, -0.15) is 0 Å². The maximum Gasteiger partial charge on any atom is 0.257 e. The monoisotopic (exact) mass is 462 g/mol. The SMILES string of the molecule is O=C(c1cccnc1Sc1ccccc1)N(Cc1nnc(-c2ccccc2Cl)o1)C1CC1. The summed E-state index contributed by atoms with van der Waals surface area (Å²) in [4.78, 5) is 20.8. The average Bonchev–Trinajstić information content (AvgIpc) is 3.56. The van der Waals surface area contributed by atoms with Crippen LogP contribution < -0.4 is 0 Å². The van der Waals surface area contributed by atoms with Crippen molar-refractivity contribution in [3.05, 3.63) is 89.4 Å². The van der Waals surface area contributed by atoms with Gasteiger partial charge in [0.1, 0.15) is 5.03 Å². The van der Waals surface area contributed by atoms with Gasteiger partial charge in [-0.1, -0.05) is 53.7 Å². The van der Waals surface area contributed by atoms with Crippen molar-refractivity contribution in [3.63, 3.8) is 0 Å². The highest BCUT2D eigenvalue weighted by Gasteiger charge is 2.35. The zero-order valence-corrected chi connectivity index (χ0v) is 18.6. The topological polar surface area (TPSA) is 72.1 Å². The Hall–Kier alpha value is -3.16. The Morgan fingerprint density at radius 3 is 2.59 bits per heavy atom. The van der Waals surface area contributed by atoms with E-state index in [1.165, 1.54) is 11.8 Å². The van der Waals surface area contributed by atoms with Crippen LogP contribution in [0, 0.1) is 0 Å². The molecule has 1 aliphatic rings. The normalized spacial score (nSPS) is 13.2. The summed E-state index contributed by atoms with van der Waals surface area (Å²) in [5, 5.41) is 9.51. The summed E-state index contributed by atoms with van der Waals surface area (Å²) >= 11 is 7.72. The second kappa shape index (κ2) is 9.14. The molecular formula is C24H19ClN4O2S. The van der Waals surface area contributed by atoms with Gasteiger partial charge in [0.15, 0.2) is 0 Å². The van der Waals surface area contributed by atoms with Crippen molar-refractivity contribution in [2.75, 3.05) is 0 Å². The van der Waals surface area contributed by atoms with Gasteiger partial charge in [0.2, 0.25) is 11.8 Å². The number of carbonyl (C=O) groups is 1. The molecule has 0 saturated heterocycles. The van der Waals surface area contributed by atoms with E-state index in [4.69, 9.17) is 16.0 Å². The maximum absolute atomic E-state index is 13.5. The van der Waals surface area contributed by atoms with Crippen LogP contribution in [0.25, 0.3) is 11.5 Å². The lowest BCUT2D eigenvalue weighted by Gasteiger charge is -2.21. The summed E-state index contributed by atoms with van der Waals surface area (Å²) in [7, 11) is 0. The number of hydrogen-bond donors (Lipinski definition) is 0. The van der Waals surface area contributed by atoms with E-state index >= 15 is 0 Å². The molecule has 5 rings (SSSR count). The molecule has 0 bridgehead atoms. The average molecular weight is 463 g/mol. The molecule has 8 heteroatoms. The van der Waals surface area contributed by atoms with Gasteiger partial charge in [-0.15, -0.1) is 10.2 Å². The van der Waals surface area contributed by atoms with Crippen molar-refractivity contribution in [1.82, 2.24) is 20.1 Å². The van der Waals surface area contributed by atoms with Crippen LogP contribution in [0.15, 0.2) is 87.3 Å². The van der Waals surface area contributed by atoms with Gasteiger partial charge in [-0.3, -0.25) is 4.79 Å². The quantitative estimate of drug-likeness (QED) is 0.348. The molecule has 0 N–H and O–H groups in total. The van der Waals surface area contributed by atoms with Crippen molar-refractivity contribution < 1.29 is 9.21 Å². The van der Waals surface area contributed by atoms with Crippen LogP contribution >= 0.6 is 23.4 Å². The van der Waals surface area contributed by atoms with Gasteiger partial charge in [0, 0.05) is 17.1 Å². The molecule has 4 aromatic rings. The summed E-state index contributed by atoms with van der Waals surface area (Å²) in [6.45, 7) is 0.241. The highest BCUT2D eigenvalue weighted by atomic mass is 35.5.